The van der Waals surface area contributed by atoms with Crippen LogP contribution >= 0.6 is 0 Å². The van der Waals surface area contributed by atoms with Crippen LogP contribution in [0.25, 0.3) is 0 Å². The van der Waals surface area contributed by atoms with Crippen LogP contribution in [0.15, 0.2) is 30.5 Å². The zero-order valence-corrected chi connectivity index (χ0v) is 18.7. The molecule has 2 aromatic rings. The Morgan fingerprint density at radius 2 is 2.13 bits per heavy atom. The number of hydrogen-bond donors (Lipinski definition) is 1. The predicted octanol–water partition coefficient (Wildman–Crippen LogP) is 1.99. The van der Waals surface area contributed by atoms with E-state index in [1.54, 1.807) is 32.3 Å². The molecular formula is C23H31N5O3. The van der Waals surface area contributed by atoms with Crippen molar-refractivity contribution in [1.29, 1.82) is 0 Å². The number of piperidine rings is 1. The molecule has 166 valence electrons. The summed E-state index contributed by atoms with van der Waals surface area (Å²) in [5, 5.41) is 2.92. The number of aryl methyl sites for hydroxylation is 1. The van der Waals surface area contributed by atoms with Crippen molar-refractivity contribution < 1.29 is 14.3 Å². The normalized spacial score (nSPS) is 16.6. The fraction of sp³-hybridized carbons (Fsp3) is 0.478. The highest BCUT2D eigenvalue weighted by molar-refractivity contribution is 5.94. The molecule has 1 saturated heterocycles. The molecule has 8 heteroatoms. The molecule has 0 saturated carbocycles. The Hall–Kier alpha value is -3.00. The molecule has 1 aliphatic heterocycles. The average molecular weight is 426 g/mol. The molecule has 1 aliphatic rings. The number of carbonyl (C=O) groups excluding carboxylic acids is 2. The smallest absolute Gasteiger partial charge is 0.254 e. The number of ether oxygens (including phenoxy) is 1. The molecular weight excluding hydrogens is 394 g/mol. The van der Waals surface area contributed by atoms with Crippen LogP contribution in [0.1, 0.15) is 46.2 Å². The Kier molecular flexibility index (Phi) is 7.57. The van der Waals surface area contributed by atoms with Crippen molar-refractivity contribution in [2.45, 2.75) is 32.2 Å². The van der Waals surface area contributed by atoms with E-state index in [9.17, 15) is 9.59 Å². The molecule has 1 N–H and O–H groups in total. The lowest BCUT2D eigenvalue weighted by molar-refractivity contribution is -0.130. The molecule has 1 fully saturated rings. The number of likely N-dealkylation sites (tertiary alicyclic amines) is 1. The summed E-state index contributed by atoms with van der Waals surface area (Å²) < 4.78 is 5.22. The summed E-state index contributed by atoms with van der Waals surface area (Å²) in [6.45, 7) is 4.30. The Balaban J connectivity index is 1.62. The average Bonchev–Trinajstić information content (AvgIpc) is 2.77. The Morgan fingerprint density at radius 3 is 2.84 bits per heavy atom. The van der Waals surface area contributed by atoms with Crippen LogP contribution in [-0.4, -0.2) is 72.4 Å². The highest BCUT2D eigenvalue weighted by Crippen LogP contribution is 2.25. The van der Waals surface area contributed by atoms with Gasteiger partial charge in [-0.2, -0.15) is 0 Å². The van der Waals surface area contributed by atoms with Gasteiger partial charge in [0.15, 0.2) is 0 Å². The first kappa shape index (κ1) is 22.7. The highest BCUT2D eigenvalue weighted by atomic mass is 16.5. The number of nitrogens with one attached hydrogen (secondary N) is 1. The summed E-state index contributed by atoms with van der Waals surface area (Å²) in [5.74, 6) is 1.55. The first-order chi connectivity index (χ1) is 14.9. The number of hydrogen-bond acceptors (Lipinski definition) is 6. The van der Waals surface area contributed by atoms with Gasteiger partial charge >= 0.3 is 0 Å². The molecule has 3 rings (SSSR count). The minimum Gasteiger partial charge on any atom is -0.497 e. The number of amides is 2. The number of aromatic nitrogens is 2. The Morgan fingerprint density at radius 1 is 1.32 bits per heavy atom. The van der Waals surface area contributed by atoms with Crippen molar-refractivity contribution >= 4 is 11.8 Å². The van der Waals surface area contributed by atoms with Gasteiger partial charge in [-0.05, 0) is 44.0 Å². The van der Waals surface area contributed by atoms with Crippen molar-refractivity contribution in [1.82, 2.24) is 25.1 Å². The fourth-order valence-electron chi connectivity index (χ4n) is 3.71. The van der Waals surface area contributed by atoms with E-state index in [1.165, 1.54) is 0 Å². The second-order valence-electron chi connectivity index (χ2n) is 8.12. The minimum absolute atomic E-state index is 0.0980. The van der Waals surface area contributed by atoms with E-state index >= 15 is 0 Å². The molecule has 0 bridgehead atoms. The third-order valence-electron chi connectivity index (χ3n) is 5.56. The van der Waals surface area contributed by atoms with E-state index in [4.69, 9.17) is 4.74 Å². The molecule has 0 unspecified atom stereocenters. The first-order valence-corrected chi connectivity index (χ1v) is 10.5. The van der Waals surface area contributed by atoms with Crippen molar-refractivity contribution in [3.8, 4) is 5.75 Å². The molecule has 0 spiro atoms. The van der Waals surface area contributed by atoms with Gasteiger partial charge in [0.05, 0.1) is 24.9 Å². The van der Waals surface area contributed by atoms with Gasteiger partial charge in [0, 0.05) is 39.3 Å². The second-order valence-corrected chi connectivity index (χ2v) is 8.12. The van der Waals surface area contributed by atoms with Gasteiger partial charge in [0.1, 0.15) is 11.6 Å². The minimum atomic E-state index is -0.200. The van der Waals surface area contributed by atoms with Crippen molar-refractivity contribution in [2.75, 3.05) is 40.8 Å². The third-order valence-corrected chi connectivity index (χ3v) is 5.56. The largest absolute Gasteiger partial charge is 0.497 e. The maximum Gasteiger partial charge on any atom is 0.254 e. The van der Waals surface area contributed by atoms with Crippen LogP contribution < -0.4 is 10.1 Å². The zero-order valence-electron chi connectivity index (χ0n) is 18.7. The number of rotatable bonds is 7. The lowest BCUT2D eigenvalue weighted by atomic mass is 9.97. The fourth-order valence-corrected chi connectivity index (χ4v) is 3.71. The van der Waals surface area contributed by atoms with Gasteiger partial charge in [-0.25, -0.2) is 9.97 Å². The summed E-state index contributed by atoms with van der Waals surface area (Å²) in [6.07, 6.45) is 3.59. The number of likely N-dealkylation sites (N-methyl/N-ethyl adjacent to an activating group) is 1. The molecule has 0 aliphatic carbocycles. The lowest BCUT2D eigenvalue weighted by Gasteiger charge is -2.32. The molecule has 1 aromatic heterocycles. The van der Waals surface area contributed by atoms with Gasteiger partial charge < -0.3 is 15.0 Å². The summed E-state index contributed by atoms with van der Waals surface area (Å²) in [7, 11) is 5.16. The lowest BCUT2D eigenvalue weighted by Crippen LogP contribution is -2.42. The number of nitrogens with zero attached hydrogens (tertiary/aromatic N) is 4. The maximum absolute atomic E-state index is 12.6. The van der Waals surface area contributed by atoms with Gasteiger partial charge in [-0.1, -0.05) is 12.1 Å². The van der Waals surface area contributed by atoms with Crippen LogP contribution in [0.5, 0.6) is 5.75 Å². The zero-order chi connectivity index (χ0) is 22.4. The van der Waals surface area contributed by atoms with E-state index in [2.05, 4.69) is 20.2 Å². The monoisotopic (exact) mass is 425 g/mol. The number of methoxy groups -OCH3 is 1. The molecule has 31 heavy (non-hydrogen) atoms. The summed E-state index contributed by atoms with van der Waals surface area (Å²) in [6, 6.07) is 7.58. The maximum atomic E-state index is 12.6. The third kappa shape index (κ3) is 6.01. The van der Waals surface area contributed by atoms with E-state index in [0.717, 1.165) is 43.1 Å². The highest BCUT2D eigenvalue weighted by Gasteiger charge is 2.26. The summed E-state index contributed by atoms with van der Waals surface area (Å²) in [4.78, 5) is 37.6. The molecule has 2 heterocycles. The molecule has 8 nitrogen and oxygen atoms in total. The molecule has 1 aromatic carbocycles. The standard InChI is InChI=1S/C23H31N5O3/c1-16-20(23(30)25-12-17-7-5-9-19(11-17)31-4)13-24-22(26-16)18-8-6-10-28(14-18)15-21(29)27(2)3/h5,7,9,11,13,18H,6,8,10,12,14-15H2,1-4H3,(H,25,30)/t18-/m0/s1. The van der Waals surface area contributed by atoms with E-state index in [0.29, 0.717) is 24.3 Å². The summed E-state index contributed by atoms with van der Waals surface area (Å²) in [5.41, 5.74) is 2.09. The van der Waals surface area contributed by atoms with E-state index in [-0.39, 0.29) is 17.7 Å². The SMILES string of the molecule is COc1cccc(CNC(=O)c2cnc([C@H]3CCCN(CC(=O)N(C)C)C3)nc2C)c1. The van der Waals surface area contributed by atoms with Crippen molar-refractivity contribution in [2.24, 2.45) is 0 Å². The number of carbonyl (C=O) groups is 2. The summed E-state index contributed by atoms with van der Waals surface area (Å²) >= 11 is 0. The quantitative estimate of drug-likeness (QED) is 0.730. The van der Waals surface area contributed by atoms with E-state index < -0.39 is 0 Å². The Labute approximate surface area is 183 Å². The van der Waals surface area contributed by atoms with Crippen LogP contribution in [0.3, 0.4) is 0 Å². The van der Waals surface area contributed by atoms with Crippen LogP contribution in [0.4, 0.5) is 0 Å². The molecule has 0 radical (unpaired) electrons. The van der Waals surface area contributed by atoms with Crippen molar-refractivity contribution in [3.05, 3.63) is 53.1 Å². The van der Waals surface area contributed by atoms with E-state index in [1.807, 2.05) is 31.2 Å². The number of benzene rings is 1. The molecule has 2 amide bonds. The van der Waals surface area contributed by atoms with Crippen molar-refractivity contribution in [3.63, 3.8) is 0 Å². The Bertz CT molecular complexity index is 931. The first-order valence-electron chi connectivity index (χ1n) is 10.5. The van der Waals surface area contributed by atoms with Crippen LogP contribution in [0, 0.1) is 6.92 Å². The van der Waals surface area contributed by atoms with Crippen LogP contribution in [-0.2, 0) is 11.3 Å². The second kappa shape index (κ2) is 10.3. The topological polar surface area (TPSA) is 87.7 Å². The molecule has 1 atom stereocenters. The predicted molar refractivity (Wildman–Crippen MR) is 118 cm³/mol. The van der Waals surface area contributed by atoms with Gasteiger partial charge in [-0.3, -0.25) is 14.5 Å². The van der Waals surface area contributed by atoms with Gasteiger partial charge in [-0.15, -0.1) is 0 Å². The van der Waals surface area contributed by atoms with Gasteiger partial charge in [0.25, 0.3) is 5.91 Å². The van der Waals surface area contributed by atoms with Gasteiger partial charge in [0.2, 0.25) is 5.91 Å². The van der Waals surface area contributed by atoms with Crippen LogP contribution in [0.2, 0.25) is 0 Å².